The van der Waals surface area contributed by atoms with Gasteiger partial charge in [-0.25, -0.2) is 4.98 Å². The Morgan fingerprint density at radius 1 is 0.978 bits per heavy atom. The lowest BCUT2D eigenvalue weighted by Gasteiger charge is -2.32. The van der Waals surface area contributed by atoms with Gasteiger partial charge in [-0.3, -0.25) is 9.59 Å². The van der Waals surface area contributed by atoms with Crippen molar-refractivity contribution in [3.05, 3.63) is 70.3 Å². The zero-order valence-corrected chi connectivity index (χ0v) is 25.2. The number of alkyl halides is 6. The van der Waals surface area contributed by atoms with Crippen LogP contribution in [0.25, 0.3) is 11.3 Å². The van der Waals surface area contributed by atoms with E-state index in [1.165, 1.54) is 4.90 Å². The van der Waals surface area contributed by atoms with Crippen molar-refractivity contribution in [1.82, 2.24) is 14.9 Å². The predicted molar refractivity (Wildman–Crippen MR) is 155 cm³/mol. The molecule has 5 rings (SSSR count). The summed E-state index contributed by atoms with van der Waals surface area (Å²) in [5, 5.41) is 0. The van der Waals surface area contributed by atoms with Gasteiger partial charge in [-0.1, -0.05) is 24.3 Å². The maximum Gasteiger partial charge on any atom is 0.416 e. The van der Waals surface area contributed by atoms with E-state index in [0.717, 1.165) is 5.56 Å². The van der Waals surface area contributed by atoms with Crippen LogP contribution in [0.15, 0.2) is 42.5 Å². The predicted octanol–water partition coefficient (Wildman–Crippen LogP) is 6.69. The van der Waals surface area contributed by atoms with Gasteiger partial charge in [-0.2, -0.15) is 31.3 Å². The van der Waals surface area contributed by atoms with Crippen molar-refractivity contribution in [1.29, 1.82) is 0 Å². The van der Waals surface area contributed by atoms with Crippen LogP contribution in [0.1, 0.15) is 58.8 Å². The molecular formula is C32H32F6N4O4. The summed E-state index contributed by atoms with van der Waals surface area (Å²) >= 11 is 0. The van der Waals surface area contributed by atoms with E-state index in [4.69, 9.17) is 14.5 Å². The minimum atomic E-state index is -5.02. The minimum absolute atomic E-state index is 0.00616. The molecule has 246 valence electrons. The van der Waals surface area contributed by atoms with E-state index >= 15 is 0 Å². The number of amides is 1. The summed E-state index contributed by atoms with van der Waals surface area (Å²) in [4.78, 5) is 38.9. The van der Waals surface area contributed by atoms with Crippen LogP contribution in [0.5, 0.6) is 5.88 Å². The molecule has 0 aliphatic carbocycles. The average Bonchev–Trinajstić information content (AvgIpc) is 3.00. The fraction of sp³-hybridized carbons (Fsp3) is 0.438. The monoisotopic (exact) mass is 650 g/mol. The Labute approximate surface area is 261 Å². The molecule has 0 N–H and O–H groups in total. The number of halogens is 6. The summed E-state index contributed by atoms with van der Waals surface area (Å²) in [6, 6.07) is 8.45. The lowest BCUT2D eigenvalue weighted by atomic mass is 9.97. The summed E-state index contributed by atoms with van der Waals surface area (Å²) in [6.45, 7) is 4.30. The summed E-state index contributed by atoms with van der Waals surface area (Å²) in [6.07, 6.45) is -8.79. The molecule has 2 aromatic carbocycles. The molecule has 14 heteroatoms. The van der Waals surface area contributed by atoms with Crippen LogP contribution in [0.4, 0.5) is 32.3 Å². The number of rotatable bonds is 6. The first-order valence-electron chi connectivity index (χ1n) is 14.9. The van der Waals surface area contributed by atoms with E-state index in [1.807, 2.05) is 17.9 Å². The average molecular weight is 651 g/mol. The minimum Gasteiger partial charge on any atom is -0.477 e. The lowest BCUT2D eigenvalue weighted by molar-refractivity contribution is -0.148. The highest BCUT2D eigenvalue weighted by Crippen LogP contribution is 2.38. The SMILES string of the molecule is CCOC(=O)C1CCN(c2nc3c(c(-c4ccccc4C)n2)C(=O)N(Cc2cc(C(F)(F)F)cc(C(F)(F)F)c2)CCCO3)CC1. The van der Waals surface area contributed by atoms with E-state index < -0.39 is 35.9 Å². The fourth-order valence-corrected chi connectivity index (χ4v) is 5.64. The maximum absolute atomic E-state index is 14.2. The number of esters is 1. The summed E-state index contributed by atoms with van der Waals surface area (Å²) in [5.74, 6) is -0.987. The zero-order chi connectivity index (χ0) is 33.2. The van der Waals surface area contributed by atoms with Crippen molar-refractivity contribution >= 4 is 17.8 Å². The highest BCUT2D eigenvalue weighted by atomic mass is 19.4. The van der Waals surface area contributed by atoms with Gasteiger partial charge in [0, 0.05) is 31.7 Å². The smallest absolute Gasteiger partial charge is 0.416 e. The van der Waals surface area contributed by atoms with Gasteiger partial charge >= 0.3 is 18.3 Å². The molecule has 1 fully saturated rings. The first kappa shape index (κ1) is 33.0. The molecule has 0 radical (unpaired) electrons. The number of piperidine rings is 1. The molecule has 3 heterocycles. The van der Waals surface area contributed by atoms with Crippen LogP contribution < -0.4 is 9.64 Å². The Morgan fingerprint density at radius 3 is 2.24 bits per heavy atom. The third kappa shape index (κ3) is 7.20. The van der Waals surface area contributed by atoms with E-state index in [-0.39, 0.29) is 72.8 Å². The Morgan fingerprint density at radius 2 is 1.63 bits per heavy atom. The molecule has 1 aromatic heterocycles. The molecule has 1 amide bonds. The van der Waals surface area contributed by atoms with Gasteiger partial charge in [0.1, 0.15) is 5.56 Å². The highest BCUT2D eigenvalue weighted by Gasteiger charge is 2.38. The van der Waals surface area contributed by atoms with Crippen LogP contribution in [0, 0.1) is 12.8 Å². The molecule has 2 aliphatic rings. The Bertz CT molecular complexity index is 1570. The number of anilines is 1. The van der Waals surface area contributed by atoms with Crippen LogP contribution in [-0.4, -0.2) is 59.6 Å². The number of fused-ring (bicyclic) bond motifs is 1. The highest BCUT2D eigenvalue weighted by molar-refractivity contribution is 6.02. The molecule has 2 aliphatic heterocycles. The molecule has 0 saturated carbocycles. The topological polar surface area (TPSA) is 84.9 Å². The lowest BCUT2D eigenvalue weighted by Crippen LogP contribution is -2.39. The number of benzene rings is 2. The third-order valence-electron chi connectivity index (χ3n) is 8.00. The molecule has 46 heavy (non-hydrogen) atoms. The van der Waals surface area contributed by atoms with Crippen LogP contribution >= 0.6 is 0 Å². The Kier molecular flexibility index (Phi) is 9.45. The van der Waals surface area contributed by atoms with Gasteiger partial charge in [0.25, 0.3) is 5.91 Å². The molecule has 0 spiro atoms. The summed E-state index contributed by atoms with van der Waals surface area (Å²) in [7, 11) is 0. The van der Waals surface area contributed by atoms with Crippen LogP contribution in [-0.2, 0) is 28.4 Å². The van der Waals surface area contributed by atoms with Gasteiger partial charge in [0.15, 0.2) is 0 Å². The standard InChI is InChI=1S/C32H32F6N4O4/c1-3-45-29(44)21-9-12-41(13-10-21)30-39-26(24-8-5-4-7-19(24)2)25-27(40-30)46-14-6-11-42(28(25)43)18-20-15-22(31(33,34)35)17-23(16-20)32(36,37)38/h4-5,7-8,15-17,21H,3,6,9-14,18H2,1-2H3. The van der Waals surface area contributed by atoms with Crippen molar-refractivity contribution in [2.75, 3.05) is 37.7 Å². The molecule has 8 nitrogen and oxygen atoms in total. The van der Waals surface area contributed by atoms with Gasteiger partial charge < -0.3 is 19.3 Å². The van der Waals surface area contributed by atoms with Crippen molar-refractivity contribution in [3.8, 4) is 17.1 Å². The second-order valence-electron chi connectivity index (χ2n) is 11.2. The normalized spacial score (nSPS) is 16.4. The van der Waals surface area contributed by atoms with Gasteiger partial charge in [0.2, 0.25) is 11.8 Å². The molecular weight excluding hydrogens is 618 g/mol. The molecule has 0 bridgehead atoms. The van der Waals surface area contributed by atoms with Crippen molar-refractivity contribution in [3.63, 3.8) is 0 Å². The van der Waals surface area contributed by atoms with Crippen molar-refractivity contribution in [2.45, 2.75) is 52.0 Å². The first-order valence-corrected chi connectivity index (χ1v) is 14.9. The molecule has 1 saturated heterocycles. The Hall–Kier alpha value is -4.36. The number of carbonyl (C=O) groups excluding carboxylic acids is 2. The quantitative estimate of drug-likeness (QED) is 0.217. The van der Waals surface area contributed by atoms with Crippen molar-refractivity contribution < 1.29 is 45.4 Å². The second kappa shape index (κ2) is 13.2. The fourth-order valence-electron chi connectivity index (χ4n) is 5.64. The van der Waals surface area contributed by atoms with Crippen LogP contribution in [0.2, 0.25) is 0 Å². The number of hydrogen-bond donors (Lipinski definition) is 0. The summed E-state index contributed by atoms with van der Waals surface area (Å²) < 4.78 is 92.5. The van der Waals surface area contributed by atoms with E-state index in [2.05, 4.69) is 4.98 Å². The van der Waals surface area contributed by atoms with Crippen molar-refractivity contribution in [2.24, 2.45) is 5.92 Å². The largest absolute Gasteiger partial charge is 0.477 e. The molecule has 0 unspecified atom stereocenters. The Balaban J connectivity index is 1.55. The number of ether oxygens (including phenoxy) is 2. The summed E-state index contributed by atoms with van der Waals surface area (Å²) in [5.41, 5.74) is -1.70. The number of aromatic nitrogens is 2. The first-order chi connectivity index (χ1) is 21.8. The second-order valence-corrected chi connectivity index (χ2v) is 11.2. The number of hydrogen-bond acceptors (Lipinski definition) is 7. The number of aryl methyl sites for hydroxylation is 1. The third-order valence-corrected chi connectivity index (χ3v) is 8.00. The zero-order valence-electron chi connectivity index (χ0n) is 25.2. The van der Waals surface area contributed by atoms with E-state index in [1.54, 1.807) is 25.1 Å². The van der Waals surface area contributed by atoms with E-state index in [9.17, 15) is 35.9 Å². The van der Waals surface area contributed by atoms with Gasteiger partial charge in [-0.05, 0) is 62.4 Å². The van der Waals surface area contributed by atoms with Gasteiger partial charge in [0.05, 0.1) is 36.0 Å². The van der Waals surface area contributed by atoms with Crippen LogP contribution in [0.3, 0.4) is 0 Å². The number of nitrogens with zero attached hydrogens (tertiary/aromatic N) is 4. The van der Waals surface area contributed by atoms with E-state index in [0.29, 0.717) is 43.6 Å². The molecule has 3 aromatic rings. The van der Waals surface area contributed by atoms with Gasteiger partial charge in [-0.15, -0.1) is 0 Å². The molecule has 0 atom stereocenters. The number of carbonyl (C=O) groups is 2. The maximum atomic E-state index is 14.2.